The smallest absolute Gasteiger partial charge is 0.211 e. The van der Waals surface area contributed by atoms with Crippen molar-refractivity contribution in [3.8, 4) is 5.75 Å². The number of rotatable bonds is 9. The van der Waals surface area contributed by atoms with Crippen molar-refractivity contribution in [3.63, 3.8) is 0 Å². The highest BCUT2D eigenvalue weighted by Crippen LogP contribution is 2.21. The largest absolute Gasteiger partial charge is 0.497 e. The molecule has 2 heterocycles. The fraction of sp³-hybridized carbons (Fsp3) is 0.556. The van der Waals surface area contributed by atoms with Crippen LogP contribution < -0.4 is 14.4 Å². The Morgan fingerprint density at radius 1 is 1.25 bits per heavy atom. The number of hydrogen-bond acceptors (Lipinski definition) is 8. The van der Waals surface area contributed by atoms with E-state index >= 15 is 0 Å². The molecule has 28 heavy (non-hydrogen) atoms. The van der Waals surface area contributed by atoms with Crippen LogP contribution in [0.2, 0.25) is 0 Å². The van der Waals surface area contributed by atoms with Crippen molar-refractivity contribution in [2.45, 2.75) is 13.3 Å². The molecule has 1 aliphatic rings. The molecule has 10 heteroatoms. The highest BCUT2D eigenvalue weighted by molar-refractivity contribution is 7.89. The fourth-order valence-corrected chi connectivity index (χ4v) is 4.38. The highest BCUT2D eigenvalue weighted by atomic mass is 32.2. The summed E-state index contributed by atoms with van der Waals surface area (Å²) in [6, 6.07) is 7.96. The third-order valence-electron chi connectivity index (χ3n) is 4.73. The van der Waals surface area contributed by atoms with Gasteiger partial charge in [0.1, 0.15) is 11.6 Å². The van der Waals surface area contributed by atoms with Crippen molar-refractivity contribution in [1.82, 2.24) is 19.0 Å². The Morgan fingerprint density at radius 2 is 2.04 bits per heavy atom. The Morgan fingerprint density at radius 3 is 2.75 bits per heavy atom. The lowest BCUT2D eigenvalue weighted by molar-refractivity contribution is 0.262. The monoisotopic (exact) mass is 425 g/mol. The predicted octanol–water partition coefficient (Wildman–Crippen LogP) is 1.20. The van der Waals surface area contributed by atoms with Crippen molar-refractivity contribution < 1.29 is 13.2 Å². The van der Waals surface area contributed by atoms with Crippen LogP contribution in [0.3, 0.4) is 0 Å². The van der Waals surface area contributed by atoms with E-state index in [1.54, 1.807) is 14.0 Å². The molecule has 1 fully saturated rings. The standard InChI is InChI=1S/C18H27N5O3S2/c1-3-28(24,25)19-7-8-22-9-11-23(12-10-22)18-20-17(21-27-18)14-15-5-4-6-16(13-15)26-2/h4-6,13,19H,3,7-12,14H2,1-2H3. The van der Waals surface area contributed by atoms with E-state index in [0.717, 1.165) is 55.0 Å². The number of nitrogens with one attached hydrogen (secondary N) is 1. The minimum absolute atomic E-state index is 0.121. The van der Waals surface area contributed by atoms with Gasteiger partial charge in [-0.1, -0.05) is 12.1 Å². The molecule has 0 unspecified atom stereocenters. The lowest BCUT2D eigenvalue weighted by Gasteiger charge is -2.34. The van der Waals surface area contributed by atoms with E-state index in [1.807, 2.05) is 18.2 Å². The molecule has 0 spiro atoms. The van der Waals surface area contributed by atoms with Crippen LogP contribution in [0.4, 0.5) is 5.13 Å². The van der Waals surface area contributed by atoms with Crippen molar-refractivity contribution in [2.75, 3.05) is 57.0 Å². The molecule has 8 nitrogen and oxygen atoms in total. The number of nitrogens with zero attached hydrogens (tertiary/aromatic N) is 4. The first-order valence-electron chi connectivity index (χ1n) is 9.39. The molecule has 0 saturated carbocycles. The summed E-state index contributed by atoms with van der Waals surface area (Å²) in [6.45, 7) is 6.34. The maximum Gasteiger partial charge on any atom is 0.211 e. The van der Waals surface area contributed by atoms with Gasteiger partial charge in [-0.15, -0.1) is 0 Å². The molecule has 1 saturated heterocycles. The lowest BCUT2D eigenvalue weighted by atomic mass is 10.1. The van der Waals surface area contributed by atoms with Crippen molar-refractivity contribution in [3.05, 3.63) is 35.7 Å². The molecule has 154 valence electrons. The van der Waals surface area contributed by atoms with Gasteiger partial charge < -0.3 is 9.64 Å². The van der Waals surface area contributed by atoms with Gasteiger partial charge in [-0.3, -0.25) is 4.90 Å². The van der Waals surface area contributed by atoms with Crippen LogP contribution in [0, 0.1) is 0 Å². The Labute approximate surface area is 170 Å². The number of methoxy groups -OCH3 is 1. The third kappa shape index (κ3) is 5.87. The summed E-state index contributed by atoms with van der Waals surface area (Å²) >= 11 is 1.43. The Bertz CT molecular complexity index is 864. The van der Waals surface area contributed by atoms with Crippen LogP contribution in [0.15, 0.2) is 24.3 Å². The zero-order valence-corrected chi connectivity index (χ0v) is 17.9. The van der Waals surface area contributed by atoms with Gasteiger partial charge in [0.25, 0.3) is 0 Å². The van der Waals surface area contributed by atoms with Crippen molar-refractivity contribution in [2.24, 2.45) is 0 Å². The van der Waals surface area contributed by atoms with Crippen LogP contribution in [0.25, 0.3) is 0 Å². The van der Waals surface area contributed by atoms with Gasteiger partial charge in [-0.25, -0.2) is 18.1 Å². The van der Waals surface area contributed by atoms with Crippen molar-refractivity contribution >= 4 is 26.7 Å². The Kier molecular flexibility index (Phi) is 7.22. The summed E-state index contributed by atoms with van der Waals surface area (Å²) in [6.07, 6.45) is 0.686. The second-order valence-corrected chi connectivity index (χ2v) is 9.47. The summed E-state index contributed by atoms with van der Waals surface area (Å²) in [4.78, 5) is 9.22. The quantitative estimate of drug-likeness (QED) is 0.646. The van der Waals surface area contributed by atoms with Crippen LogP contribution in [-0.4, -0.2) is 74.8 Å². The molecule has 3 rings (SSSR count). The van der Waals surface area contributed by atoms with Gasteiger partial charge in [-0.2, -0.15) is 4.37 Å². The lowest BCUT2D eigenvalue weighted by Crippen LogP contribution is -2.48. The van der Waals surface area contributed by atoms with Gasteiger partial charge >= 0.3 is 0 Å². The van der Waals surface area contributed by atoms with Crippen LogP contribution in [0.1, 0.15) is 18.3 Å². The first kappa shape index (κ1) is 21.0. The van der Waals surface area contributed by atoms with E-state index in [1.165, 1.54) is 11.5 Å². The van der Waals surface area contributed by atoms with Gasteiger partial charge in [0.15, 0.2) is 0 Å². The summed E-state index contributed by atoms with van der Waals surface area (Å²) in [5, 5.41) is 0.948. The fourth-order valence-electron chi connectivity index (χ4n) is 3.03. The summed E-state index contributed by atoms with van der Waals surface area (Å²) < 4.78 is 35.4. The molecule has 1 aromatic heterocycles. The average molecular weight is 426 g/mol. The number of hydrogen-bond donors (Lipinski definition) is 1. The number of anilines is 1. The minimum atomic E-state index is -3.11. The average Bonchev–Trinajstić information content (AvgIpc) is 3.17. The van der Waals surface area contributed by atoms with Gasteiger partial charge in [0, 0.05) is 57.2 Å². The molecule has 0 amide bonds. The number of sulfonamides is 1. The number of benzene rings is 1. The molecule has 0 bridgehead atoms. The molecule has 1 aromatic carbocycles. The van der Waals surface area contributed by atoms with E-state index < -0.39 is 10.0 Å². The number of ether oxygens (including phenoxy) is 1. The second kappa shape index (κ2) is 9.64. The molecule has 0 radical (unpaired) electrons. The SMILES string of the molecule is CCS(=O)(=O)NCCN1CCN(c2nc(Cc3cccc(OC)c3)ns2)CC1. The molecule has 0 aliphatic carbocycles. The van der Waals surface area contributed by atoms with E-state index in [9.17, 15) is 8.42 Å². The van der Waals surface area contributed by atoms with Crippen LogP contribution in [0.5, 0.6) is 5.75 Å². The Hall–Kier alpha value is -1.75. The summed E-state index contributed by atoms with van der Waals surface area (Å²) in [7, 11) is -1.45. The molecular weight excluding hydrogens is 398 g/mol. The zero-order valence-electron chi connectivity index (χ0n) is 16.3. The third-order valence-corrected chi connectivity index (χ3v) is 6.95. The van der Waals surface area contributed by atoms with E-state index in [4.69, 9.17) is 9.72 Å². The van der Waals surface area contributed by atoms with Gasteiger partial charge in [0.2, 0.25) is 15.2 Å². The summed E-state index contributed by atoms with van der Waals surface area (Å²) in [5.41, 5.74) is 1.13. The molecule has 0 atom stereocenters. The van der Waals surface area contributed by atoms with E-state index in [2.05, 4.69) is 25.0 Å². The molecule has 1 N–H and O–H groups in total. The maximum absolute atomic E-state index is 11.5. The van der Waals surface area contributed by atoms with Crippen molar-refractivity contribution in [1.29, 1.82) is 0 Å². The molecular formula is C18H27N5O3S2. The van der Waals surface area contributed by atoms with Crippen LogP contribution >= 0.6 is 11.5 Å². The summed E-state index contributed by atoms with van der Waals surface area (Å²) in [5.74, 6) is 1.78. The predicted molar refractivity (Wildman–Crippen MR) is 112 cm³/mol. The first-order chi connectivity index (χ1) is 13.5. The molecule has 1 aliphatic heterocycles. The molecule has 2 aromatic rings. The first-order valence-corrected chi connectivity index (χ1v) is 11.8. The van der Waals surface area contributed by atoms with E-state index in [0.29, 0.717) is 13.0 Å². The second-order valence-electron chi connectivity index (χ2n) is 6.65. The van der Waals surface area contributed by atoms with E-state index in [-0.39, 0.29) is 5.75 Å². The minimum Gasteiger partial charge on any atom is -0.497 e. The number of piperazine rings is 1. The topological polar surface area (TPSA) is 87.7 Å². The zero-order chi connectivity index (χ0) is 20.0. The number of aromatic nitrogens is 2. The van der Waals surface area contributed by atoms with Gasteiger partial charge in [0.05, 0.1) is 12.9 Å². The maximum atomic E-state index is 11.5. The van der Waals surface area contributed by atoms with Gasteiger partial charge in [-0.05, 0) is 24.6 Å². The van der Waals surface area contributed by atoms with Crippen LogP contribution in [-0.2, 0) is 16.4 Å². The highest BCUT2D eigenvalue weighted by Gasteiger charge is 2.20. The normalized spacial score (nSPS) is 15.7. The Balaban J connectivity index is 1.47.